The number of carbonyl (C=O) groups excluding carboxylic acids is 1. The fourth-order valence-corrected chi connectivity index (χ4v) is 2.78. The number of likely N-dealkylation sites (tertiary alicyclic amines) is 1. The van der Waals surface area contributed by atoms with Gasteiger partial charge >= 0.3 is 6.09 Å². The first-order chi connectivity index (χ1) is 10.5. The van der Waals surface area contributed by atoms with Crippen LogP contribution < -0.4 is 4.74 Å². The summed E-state index contributed by atoms with van der Waals surface area (Å²) in [4.78, 5) is 17.9. The molecular formula is C16H23BrN2O3. The fourth-order valence-electron chi connectivity index (χ4n) is 2.55. The quantitative estimate of drug-likeness (QED) is 0.806. The van der Waals surface area contributed by atoms with Crippen LogP contribution in [0.2, 0.25) is 0 Å². The summed E-state index contributed by atoms with van der Waals surface area (Å²) in [7, 11) is 0. The molecule has 1 fully saturated rings. The van der Waals surface area contributed by atoms with E-state index in [0.29, 0.717) is 11.8 Å². The number of pyridine rings is 1. The lowest BCUT2D eigenvalue weighted by atomic mass is 9.92. The molecule has 1 atom stereocenters. The Hall–Kier alpha value is -1.30. The monoisotopic (exact) mass is 370 g/mol. The van der Waals surface area contributed by atoms with E-state index in [1.807, 2.05) is 26.0 Å². The average molecular weight is 371 g/mol. The highest BCUT2D eigenvalue weighted by molar-refractivity contribution is 9.10. The number of hydrogen-bond acceptors (Lipinski definition) is 4. The van der Waals surface area contributed by atoms with Crippen LogP contribution in [0.3, 0.4) is 0 Å². The highest BCUT2D eigenvalue weighted by Crippen LogP contribution is 2.24. The van der Waals surface area contributed by atoms with Gasteiger partial charge < -0.3 is 14.4 Å². The van der Waals surface area contributed by atoms with Crippen LogP contribution in [0.25, 0.3) is 0 Å². The first-order valence-electron chi connectivity index (χ1n) is 7.69. The van der Waals surface area contributed by atoms with Gasteiger partial charge in [0, 0.05) is 29.8 Å². The Morgan fingerprint density at radius 3 is 2.55 bits per heavy atom. The lowest BCUT2D eigenvalue weighted by Crippen LogP contribution is -2.42. The van der Waals surface area contributed by atoms with E-state index in [2.05, 4.69) is 27.8 Å². The summed E-state index contributed by atoms with van der Waals surface area (Å²) < 4.78 is 12.1. The van der Waals surface area contributed by atoms with E-state index >= 15 is 0 Å². The molecule has 1 aliphatic heterocycles. The molecule has 2 heterocycles. The van der Waals surface area contributed by atoms with Gasteiger partial charge in [0.05, 0.1) is 6.10 Å². The van der Waals surface area contributed by atoms with Crippen molar-refractivity contribution in [1.82, 2.24) is 9.88 Å². The number of halogens is 1. The first kappa shape index (κ1) is 17.1. The number of ether oxygens (including phenoxy) is 2. The van der Waals surface area contributed by atoms with E-state index in [4.69, 9.17) is 9.47 Å². The Labute approximate surface area is 140 Å². The van der Waals surface area contributed by atoms with Gasteiger partial charge in [-0.15, -0.1) is 0 Å². The molecule has 0 aliphatic carbocycles. The molecule has 0 aromatic carbocycles. The van der Waals surface area contributed by atoms with Crippen LogP contribution in [-0.2, 0) is 4.74 Å². The molecule has 1 aliphatic rings. The van der Waals surface area contributed by atoms with E-state index in [9.17, 15) is 4.79 Å². The molecular weight excluding hydrogens is 348 g/mol. The second-order valence-electron chi connectivity index (χ2n) is 5.89. The summed E-state index contributed by atoms with van der Waals surface area (Å²) in [6.45, 7) is 7.24. The Kier molecular flexibility index (Phi) is 6.06. The van der Waals surface area contributed by atoms with Crippen LogP contribution in [0, 0.1) is 5.92 Å². The molecule has 1 aromatic heterocycles. The lowest BCUT2D eigenvalue weighted by Gasteiger charge is -2.34. The highest BCUT2D eigenvalue weighted by Gasteiger charge is 2.28. The summed E-state index contributed by atoms with van der Waals surface area (Å²) in [5.41, 5.74) is 0. The Morgan fingerprint density at radius 1 is 1.32 bits per heavy atom. The minimum Gasteiger partial charge on any atom is -0.474 e. The van der Waals surface area contributed by atoms with Crippen molar-refractivity contribution in [2.45, 2.75) is 45.8 Å². The van der Waals surface area contributed by atoms with E-state index in [1.165, 1.54) is 0 Å². The molecule has 1 unspecified atom stereocenters. The molecule has 0 bridgehead atoms. The molecule has 1 aromatic rings. The maximum atomic E-state index is 11.9. The van der Waals surface area contributed by atoms with Crippen molar-refractivity contribution in [3.05, 3.63) is 22.8 Å². The van der Waals surface area contributed by atoms with Crippen molar-refractivity contribution in [1.29, 1.82) is 0 Å². The van der Waals surface area contributed by atoms with Crippen LogP contribution in [0.1, 0.15) is 33.6 Å². The van der Waals surface area contributed by atoms with Crippen molar-refractivity contribution in [2.75, 3.05) is 13.1 Å². The molecule has 1 amide bonds. The first-order valence-corrected chi connectivity index (χ1v) is 8.48. The second kappa shape index (κ2) is 7.81. The van der Waals surface area contributed by atoms with E-state index < -0.39 is 0 Å². The SMILES string of the molecule is CC(C)OC(=O)N1CCC(C(C)Oc2ccc(Br)cn2)CC1. The Balaban J connectivity index is 1.80. The third kappa shape index (κ3) is 4.87. The molecule has 0 saturated carbocycles. The van der Waals surface area contributed by atoms with E-state index in [-0.39, 0.29) is 18.3 Å². The average Bonchev–Trinajstić information content (AvgIpc) is 2.49. The third-order valence-corrected chi connectivity index (χ3v) is 4.27. The van der Waals surface area contributed by atoms with Crippen molar-refractivity contribution in [3.63, 3.8) is 0 Å². The van der Waals surface area contributed by atoms with Crippen molar-refractivity contribution < 1.29 is 14.3 Å². The molecule has 1 saturated heterocycles. The van der Waals surface area contributed by atoms with E-state index in [0.717, 1.165) is 30.4 Å². The van der Waals surface area contributed by atoms with Gasteiger partial charge in [0.15, 0.2) is 0 Å². The lowest BCUT2D eigenvalue weighted by molar-refractivity contribution is 0.0486. The molecule has 6 heteroatoms. The number of rotatable bonds is 4. The molecule has 0 radical (unpaired) electrons. The largest absolute Gasteiger partial charge is 0.474 e. The summed E-state index contributed by atoms with van der Waals surface area (Å²) in [6.07, 6.45) is 3.37. The Bertz CT molecular complexity index is 485. The standard InChI is InChI=1S/C16H23BrN2O3/c1-11(2)21-16(20)19-8-6-13(7-9-19)12(3)22-15-5-4-14(17)10-18-15/h4-5,10-13H,6-9H2,1-3H3. The normalized spacial score (nSPS) is 17.4. The summed E-state index contributed by atoms with van der Waals surface area (Å²) in [5.74, 6) is 1.06. The fraction of sp³-hybridized carbons (Fsp3) is 0.625. The number of amides is 1. The molecule has 2 rings (SSSR count). The molecule has 5 nitrogen and oxygen atoms in total. The summed E-state index contributed by atoms with van der Waals surface area (Å²) >= 11 is 3.36. The van der Waals surface area contributed by atoms with Gasteiger partial charge in [-0.25, -0.2) is 9.78 Å². The minimum absolute atomic E-state index is 0.0732. The smallest absolute Gasteiger partial charge is 0.410 e. The van der Waals surface area contributed by atoms with Crippen LogP contribution in [0.5, 0.6) is 5.88 Å². The second-order valence-corrected chi connectivity index (χ2v) is 6.81. The van der Waals surface area contributed by atoms with Crippen molar-refractivity contribution in [3.8, 4) is 5.88 Å². The maximum Gasteiger partial charge on any atom is 0.410 e. The van der Waals surface area contributed by atoms with Crippen LogP contribution in [0.4, 0.5) is 4.79 Å². The van der Waals surface area contributed by atoms with Crippen LogP contribution in [-0.4, -0.2) is 41.3 Å². The van der Waals surface area contributed by atoms with Gasteiger partial charge in [0.1, 0.15) is 6.10 Å². The zero-order valence-corrected chi connectivity index (χ0v) is 14.9. The molecule has 122 valence electrons. The van der Waals surface area contributed by atoms with Gasteiger partial charge in [0.2, 0.25) is 5.88 Å². The number of hydrogen-bond donors (Lipinski definition) is 0. The van der Waals surface area contributed by atoms with Crippen molar-refractivity contribution in [2.24, 2.45) is 5.92 Å². The van der Waals surface area contributed by atoms with Crippen LogP contribution >= 0.6 is 15.9 Å². The van der Waals surface area contributed by atoms with Gasteiger partial charge in [-0.05, 0) is 61.5 Å². The van der Waals surface area contributed by atoms with Gasteiger partial charge in [-0.2, -0.15) is 0 Å². The number of carbonyl (C=O) groups is 1. The number of piperidine rings is 1. The number of aromatic nitrogens is 1. The molecule has 0 spiro atoms. The van der Waals surface area contributed by atoms with Gasteiger partial charge in [-0.3, -0.25) is 0 Å². The van der Waals surface area contributed by atoms with Gasteiger partial charge in [-0.1, -0.05) is 0 Å². The van der Waals surface area contributed by atoms with Gasteiger partial charge in [0.25, 0.3) is 0 Å². The molecule has 0 N–H and O–H groups in total. The maximum absolute atomic E-state index is 11.9. The summed E-state index contributed by atoms with van der Waals surface area (Å²) in [5, 5.41) is 0. The highest BCUT2D eigenvalue weighted by atomic mass is 79.9. The van der Waals surface area contributed by atoms with Crippen molar-refractivity contribution >= 4 is 22.0 Å². The molecule has 22 heavy (non-hydrogen) atoms. The van der Waals surface area contributed by atoms with Crippen LogP contribution in [0.15, 0.2) is 22.8 Å². The van der Waals surface area contributed by atoms with E-state index in [1.54, 1.807) is 11.1 Å². The predicted molar refractivity (Wildman–Crippen MR) is 87.9 cm³/mol. The Morgan fingerprint density at radius 2 is 2.00 bits per heavy atom. The predicted octanol–water partition coefficient (Wildman–Crippen LogP) is 3.87. The zero-order chi connectivity index (χ0) is 16.1. The number of nitrogens with zero attached hydrogens (tertiary/aromatic N) is 2. The topological polar surface area (TPSA) is 51.7 Å². The zero-order valence-electron chi connectivity index (χ0n) is 13.3. The summed E-state index contributed by atoms with van der Waals surface area (Å²) in [6, 6.07) is 3.77. The third-order valence-electron chi connectivity index (χ3n) is 3.81. The minimum atomic E-state index is -0.211.